The van der Waals surface area contributed by atoms with Gasteiger partial charge in [0.05, 0.1) is 10.7 Å². The Kier molecular flexibility index (Phi) is 2.84. The summed E-state index contributed by atoms with van der Waals surface area (Å²) in [6.45, 7) is 0. The van der Waals surface area contributed by atoms with E-state index in [1.165, 1.54) is 32.1 Å². The van der Waals surface area contributed by atoms with Crippen molar-refractivity contribution in [1.29, 1.82) is 0 Å². The first-order valence-corrected chi connectivity index (χ1v) is 5.36. The van der Waals surface area contributed by atoms with Gasteiger partial charge in [-0.05, 0) is 25.0 Å². The van der Waals surface area contributed by atoms with E-state index in [2.05, 4.69) is 4.98 Å². The number of nitrogens with zero attached hydrogens (tertiary/aromatic N) is 1. The Hall–Kier alpha value is -0.560. The maximum atomic E-state index is 6.10. The van der Waals surface area contributed by atoms with Crippen LogP contribution in [-0.4, -0.2) is 4.98 Å². The monoisotopic (exact) mass is 195 g/mol. The van der Waals surface area contributed by atoms with Gasteiger partial charge < -0.3 is 0 Å². The van der Waals surface area contributed by atoms with Crippen molar-refractivity contribution in [3.8, 4) is 0 Å². The second kappa shape index (κ2) is 4.10. The standard InChI is InChI=1S/C11H14ClN/c12-10-7-4-8-13-11(10)9-5-2-1-3-6-9/h4,7-9H,1-3,5-6H2. The van der Waals surface area contributed by atoms with Crippen LogP contribution in [0.2, 0.25) is 5.02 Å². The van der Waals surface area contributed by atoms with E-state index in [1.54, 1.807) is 0 Å². The Labute approximate surface area is 84.1 Å². The molecule has 2 heteroatoms. The minimum absolute atomic E-state index is 0.613. The summed E-state index contributed by atoms with van der Waals surface area (Å²) in [6, 6.07) is 3.84. The minimum atomic E-state index is 0.613. The van der Waals surface area contributed by atoms with Crippen LogP contribution < -0.4 is 0 Å². The average Bonchev–Trinajstić information content (AvgIpc) is 2.20. The lowest BCUT2D eigenvalue weighted by molar-refractivity contribution is 0.437. The van der Waals surface area contributed by atoms with Gasteiger partial charge >= 0.3 is 0 Å². The Bertz CT molecular complexity index is 279. The molecule has 0 bridgehead atoms. The second-order valence-electron chi connectivity index (χ2n) is 3.71. The van der Waals surface area contributed by atoms with Crippen molar-refractivity contribution in [2.24, 2.45) is 0 Å². The SMILES string of the molecule is Clc1cccnc1C1CCCCC1. The quantitative estimate of drug-likeness (QED) is 0.665. The van der Waals surface area contributed by atoms with Crippen LogP contribution >= 0.6 is 11.6 Å². The second-order valence-corrected chi connectivity index (χ2v) is 4.11. The van der Waals surface area contributed by atoms with Gasteiger partial charge in [-0.25, -0.2) is 0 Å². The molecule has 1 fully saturated rings. The van der Waals surface area contributed by atoms with Gasteiger partial charge in [0.25, 0.3) is 0 Å². The highest BCUT2D eigenvalue weighted by Gasteiger charge is 2.18. The molecule has 1 nitrogen and oxygen atoms in total. The first-order valence-electron chi connectivity index (χ1n) is 4.98. The van der Waals surface area contributed by atoms with E-state index in [4.69, 9.17) is 11.6 Å². The molecular formula is C11H14ClN. The van der Waals surface area contributed by atoms with Crippen LogP contribution in [0.15, 0.2) is 18.3 Å². The fourth-order valence-electron chi connectivity index (χ4n) is 2.07. The van der Waals surface area contributed by atoms with Gasteiger partial charge in [0.15, 0.2) is 0 Å². The minimum Gasteiger partial charge on any atom is -0.259 e. The molecule has 0 spiro atoms. The van der Waals surface area contributed by atoms with E-state index in [0.717, 1.165) is 10.7 Å². The summed E-state index contributed by atoms with van der Waals surface area (Å²) < 4.78 is 0. The highest BCUT2D eigenvalue weighted by molar-refractivity contribution is 6.31. The molecule has 1 heterocycles. The number of aromatic nitrogens is 1. The summed E-state index contributed by atoms with van der Waals surface area (Å²) in [6.07, 6.45) is 8.40. The molecule has 0 radical (unpaired) electrons. The number of pyridine rings is 1. The maximum Gasteiger partial charge on any atom is 0.0624 e. The molecule has 0 saturated heterocycles. The summed E-state index contributed by atoms with van der Waals surface area (Å²) in [5, 5.41) is 0.842. The van der Waals surface area contributed by atoms with Crippen molar-refractivity contribution >= 4 is 11.6 Å². The third-order valence-corrected chi connectivity index (χ3v) is 3.10. The average molecular weight is 196 g/mol. The van der Waals surface area contributed by atoms with Gasteiger partial charge in [0.2, 0.25) is 0 Å². The van der Waals surface area contributed by atoms with Crippen LogP contribution in [0.3, 0.4) is 0 Å². The smallest absolute Gasteiger partial charge is 0.0624 e. The van der Waals surface area contributed by atoms with E-state index in [-0.39, 0.29) is 0 Å². The molecular weight excluding hydrogens is 182 g/mol. The molecule has 13 heavy (non-hydrogen) atoms. The first-order chi connectivity index (χ1) is 6.38. The van der Waals surface area contributed by atoms with Crippen molar-refractivity contribution in [1.82, 2.24) is 4.98 Å². The van der Waals surface area contributed by atoms with Crippen LogP contribution in [0.25, 0.3) is 0 Å². The molecule has 1 aromatic heterocycles. The summed E-state index contributed by atoms with van der Waals surface area (Å²) in [7, 11) is 0. The molecule has 0 aliphatic heterocycles. The molecule has 70 valence electrons. The van der Waals surface area contributed by atoms with Gasteiger partial charge in [0, 0.05) is 12.1 Å². The number of hydrogen-bond donors (Lipinski definition) is 0. The number of halogens is 1. The lowest BCUT2D eigenvalue weighted by atomic mass is 9.87. The zero-order valence-corrected chi connectivity index (χ0v) is 8.43. The van der Waals surface area contributed by atoms with E-state index in [1.807, 2.05) is 18.3 Å². The molecule has 0 amide bonds. The normalized spacial score (nSPS) is 18.8. The predicted octanol–water partition coefficient (Wildman–Crippen LogP) is 3.78. The van der Waals surface area contributed by atoms with Gasteiger partial charge in [0.1, 0.15) is 0 Å². The zero-order chi connectivity index (χ0) is 9.10. The highest BCUT2D eigenvalue weighted by atomic mass is 35.5. The number of rotatable bonds is 1. The topological polar surface area (TPSA) is 12.9 Å². The summed E-state index contributed by atoms with van der Waals surface area (Å²) in [5.41, 5.74) is 1.11. The van der Waals surface area contributed by atoms with Gasteiger partial charge in [-0.15, -0.1) is 0 Å². The third-order valence-electron chi connectivity index (χ3n) is 2.78. The van der Waals surface area contributed by atoms with E-state index < -0.39 is 0 Å². The van der Waals surface area contributed by atoms with Gasteiger partial charge in [-0.3, -0.25) is 4.98 Å². The van der Waals surface area contributed by atoms with Crippen LogP contribution in [-0.2, 0) is 0 Å². The maximum absolute atomic E-state index is 6.10. The van der Waals surface area contributed by atoms with E-state index in [0.29, 0.717) is 5.92 Å². The molecule has 1 aliphatic carbocycles. The zero-order valence-electron chi connectivity index (χ0n) is 7.67. The Morgan fingerprint density at radius 2 is 2.00 bits per heavy atom. The fraction of sp³-hybridized carbons (Fsp3) is 0.545. The van der Waals surface area contributed by atoms with Crippen LogP contribution in [0.5, 0.6) is 0 Å². The predicted molar refractivity (Wildman–Crippen MR) is 55.1 cm³/mol. The molecule has 0 atom stereocenters. The number of hydrogen-bond acceptors (Lipinski definition) is 1. The molecule has 2 rings (SSSR count). The van der Waals surface area contributed by atoms with Crippen molar-refractivity contribution < 1.29 is 0 Å². The van der Waals surface area contributed by atoms with Crippen molar-refractivity contribution in [3.63, 3.8) is 0 Å². The Balaban J connectivity index is 2.18. The lowest BCUT2D eigenvalue weighted by Crippen LogP contribution is -2.06. The molecule has 1 saturated carbocycles. The van der Waals surface area contributed by atoms with Crippen molar-refractivity contribution in [3.05, 3.63) is 29.0 Å². The molecule has 0 N–H and O–H groups in total. The summed E-state index contributed by atoms with van der Waals surface area (Å²) in [4.78, 5) is 4.37. The van der Waals surface area contributed by atoms with E-state index >= 15 is 0 Å². The lowest BCUT2D eigenvalue weighted by Gasteiger charge is -2.21. The fourth-order valence-corrected chi connectivity index (χ4v) is 2.35. The van der Waals surface area contributed by atoms with Gasteiger partial charge in [-0.2, -0.15) is 0 Å². The molecule has 0 aromatic carbocycles. The van der Waals surface area contributed by atoms with Crippen LogP contribution in [0, 0.1) is 0 Å². The van der Waals surface area contributed by atoms with Crippen LogP contribution in [0.1, 0.15) is 43.7 Å². The van der Waals surface area contributed by atoms with E-state index in [9.17, 15) is 0 Å². The van der Waals surface area contributed by atoms with Crippen molar-refractivity contribution in [2.75, 3.05) is 0 Å². The summed E-state index contributed by atoms with van der Waals surface area (Å²) in [5.74, 6) is 0.613. The molecule has 1 aromatic rings. The Morgan fingerprint density at radius 1 is 1.23 bits per heavy atom. The first kappa shape index (κ1) is 9.01. The molecule has 1 aliphatic rings. The van der Waals surface area contributed by atoms with Crippen LogP contribution in [0.4, 0.5) is 0 Å². The van der Waals surface area contributed by atoms with Crippen molar-refractivity contribution in [2.45, 2.75) is 38.0 Å². The largest absolute Gasteiger partial charge is 0.259 e. The summed E-state index contributed by atoms with van der Waals surface area (Å²) >= 11 is 6.10. The third kappa shape index (κ3) is 2.02. The highest BCUT2D eigenvalue weighted by Crippen LogP contribution is 2.34. The Morgan fingerprint density at radius 3 is 2.69 bits per heavy atom. The van der Waals surface area contributed by atoms with Gasteiger partial charge in [-0.1, -0.05) is 30.9 Å². The molecule has 0 unspecified atom stereocenters.